The molecule has 6 nitrogen and oxygen atoms in total. The van der Waals surface area contributed by atoms with E-state index in [4.69, 9.17) is 9.84 Å². The number of aliphatic hydroxyl groups is 1. The average Bonchev–Trinajstić information content (AvgIpc) is 2.42. The molecule has 0 radical (unpaired) electrons. The van der Waals surface area contributed by atoms with Crippen molar-refractivity contribution in [3.8, 4) is 0 Å². The van der Waals surface area contributed by atoms with E-state index < -0.39 is 29.7 Å². The van der Waals surface area contributed by atoms with Crippen LogP contribution in [0.2, 0.25) is 0 Å². The van der Waals surface area contributed by atoms with Crippen molar-refractivity contribution < 1.29 is 24.5 Å². The summed E-state index contributed by atoms with van der Waals surface area (Å²) in [6.45, 7) is 5.48. The van der Waals surface area contributed by atoms with E-state index in [9.17, 15) is 14.7 Å². The zero-order valence-electron chi connectivity index (χ0n) is 13.1. The van der Waals surface area contributed by atoms with Crippen LogP contribution in [0.5, 0.6) is 0 Å². The van der Waals surface area contributed by atoms with Gasteiger partial charge in [0, 0.05) is 12.5 Å². The quantitative estimate of drug-likeness (QED) is 0.748. The molecule has 0 heterocycles. The van der Waals surface area contributed by atoms with Crippen molar-refractivity contribution in [3.05, 3.63) is 35.9 Å². The van der Waals surface area contributed by atoms with Gasteiger partial charge in [0.05, 0.1) is 0 Å². The molecule has 0 unspecified atom stereocenters. The third-order valence-corrected chi connectivity index (χ3v) is 2.99. The molecule has 0 bridgehead atoms. The van der Waals surface area contributed by atoms with E-state index in [1.165, 1.54) is 0 Å². The lowest BCUT2D eigenvalue weighted by Gasteiger charge is -2.22. The van der Waals surface area contributed by atoms with E-state index >= 15 is 0 Å². The molecule has 0 spiro atoms. The summed E-state index contributed by atoms with van der Waals surface area (Å²) in [6.07, 6.45) is -1.80. The number of carboxylic acid groups (broad SMARTS) is 1. The van der Waals surface area contributed by atoms with E-state index in [1.807, 2.05) is 6.07 Å². The van der Waals surface area contributed by atoms with Crippen LogP contribution >= 0.6 is 0 Å². The van der Waals surface area contributed by atoms with Crippen molar-refractivity contribution >= 4 is 12.1 Å². The third kappa shape index (κ3) is 6.13. The molecule has 1 amide bonds. The molecule has 0 aliphatic heterocycles. The molecule has 6 heteroatoms. The summed E-state index contributed by atoms with van der Waals surface area (Å²) in [5.41, 5.74) is 0.118. The van der Waals surface area contributed by atoms with Crippen molar-refractivity contribution in [3.63, 3.8) is 0 Å². The number of amides is 1. The van der Waals surface area contributed by atoms with Crippen LogP contribution in [0, 0.1) is 0 Å². The number of aliphatic carboxylic acids is 1. The molecule has 2 atom stereocenters. The maximum atomic E-state index is 11.6. The Kier molecular flexibility index (Phi) is 6.37. The maximum absolute atomic E-state index is 11.6. The molecule has 0 saturated heterocycles. The normalized spacial score (nSPS) is 14.0. The number of benzene rings is 1. The molecule has 1 rings (SSSR count). The van der Waals surface area contributed by atoms with Crippen LogP contribution in [0.25, 0.3) is 0 Å². The summed E-state index contributed by atoms with van der Waals surface area (Å²) in [7, 11) is 0. The smallest absolute Gasteiger partial charge is 0.407 e. The van der Waals surface area contributed by atoms with Gasteiger partial charge in [-0.15, -0.1) is 0 Å². The first-order valence-corrected chi connectivity index (χ1v) is 7.13. The predicted molar refractivity (Wildman–Crippen MR) is 81.7 cm³/mol. The van der Waals surface area contributed by atoms with Gasteiger partial charge in [0.25, 0.3) is 0 Å². The van der Waals surface area contributed by atoms with Crippen molar-refractivity contribution in [1.82, 2.24) is 5.32 Å². The van der Waals surface area contributed by atoms with Gasteiger partial charge in [0.15, 0.2) is 6.10 Å². The first-order chi connectivity index (χ1) is 10.2. The topological polar surface area (TPSA) is 95.9 Å². The molecule has 1 aromatic rings. The third-order valence-electron chi connectivity index (χ3n) is 2.99. The second kappa shape index (κ2) is 7.79. The molecule has 22 heavy (non-hydrogen) atoms. The lowest BCUT2D eigenvalue weighted by atomic mass is 9.90. The van der Waals surface area contributed by atoms with Gasteiger partial charge in [0.2, 0.25) is 0 Å². The highest BCUT2D eigenvalue weighted by atomic mass is 16.6. The molecule has 1 aromatic carbocycles. The number of nitrogens with one attached hydrogen (secondary N) is 1. The molecular weight excluding hydrogens is 286 g/mol. The minimum absolute atomic E-state index is 0.207. The first kappa shape index (κ1) is 18.0. The number of ether oxygens (including phenoxy) is 1. The number of carbonyl (C=O) groups is 2. The van der Waals surface area contributed by atoms with Crippen LogP contribution in [-0.2, 0) is 9.53 Å². The Balaban J connectivity index is 2.63. The average molecular weight is 309 g/mol. The highest BCUT2D eigenvalue weighted by Crippen LogP contribution is 2.23. The van der Waals surface area contributed by atoms with E-state index in [0.717, 1.165) is 0 Å². The zero-order chi connectivity index (χ0) is 16.8. The molecule has 3 N–H and O–H groups in total. The minimum atomic E-state index is -1.53. The van der Waals surface area contributed by atoms with Gasteiger partial charge in [-0.1, -0.05) is 30.3 Å². The van der Waals surface area contributed by atoms with E-state index in [2.05, 4.69) is 5.32 Å². The van der Waals surface area contributed by atoms with Crippen molar-refractivity contribution in [2.75, 3.05) is 6.54 Å². The highest BCUT2D eigenvalue weighted by molar-refractivity contribution is 5.73. The lowest BCUT2D eigenvalue weighted by Crippen LogP contribution is -2.35. The van der Waals surface area contributed by atoms with Gasteiger partial charge in [-0.2, -0.15) is 0 Å². The fourth-order valence-electron chi connectivity index (χ4n) is 2.02. The Morgan fingerprint density at radius 1 is 1.23 bits per heavy atom. The van der Waals surface area contributed by atoms with E-state index in [1.54, 1.807) is 45.0 Å². The van der Waals surface area contributed by atoms with Gasteiger partial charge in [-0.05, 0) is 32.8 Å². The molecule has 0 fully saturated rings. The minimum Gasteiger partial charge on any atom is -0.479 e. The second-order valence-corrected chi connectivity index (χ2v) is 6.02. The molecular formula is C16H23NO5. The van der Waals surface area contributed by atoms with Gasteiger partial charge in [-0.25, -0.2) is 9.59 Å². The Bertz CT molecular complexity index is 495. The number of aliphatic hydroxyl groups excluding tert-OH is 1. The Hall–Kier alpha value is -2.08. The first-order valence-electron chi connectivity index (χ1n) is 7.13. The molecule has 0 aliphatic carbocycles. The van der Waals surface area contributed by atoms with Crippen LogP contribution in [0.4, 0.5) is 4.79 Å². The summed E-state index contributed by atoms with van der Waals surface area (Å²) >= 11 is 0. The monoisotopic (exact) mass is 309 g/mol. The molecule has 0 saturated carbocycles. The standard InChI is InChI=1S/C16H23NO5/c1-16(2,3)22-15(21)17-10-9-12(13(18)14(19)20)11-7-5-4-6-8-11/h4-8,12-13,18H,9-10H2,1-3H3,(H,17,21)(H,19,20)/t12-,13-/m1/s1. The number of hydrogen-bond donors (Lipinski definition) is 3. The van der Waals surface area contributed by atoms with Gasteiger partial charge < -0.3 is 20.3 Å². The SMILES string of the molecule is CC(C)(C)OC(=O)NCC[C@H](c1ccccc1)[C@@H](O)C(=O)O. The maximum Gasteiger partial charge on any atom is 0.407 e. The molecule has 0 aliphatic rings. The van der Waals surface area contributed by atoms with Gasteiger partial charge >= 0.3 is 12.1 Å². The van der Waals surface area contributed by atoms with Crippen LogP contribution in [0.3, 0.4) is 0 Å². The highest BCUT2D eigenvalue weighted by Gasteiger charge is 2.27. The number of hydrogen-bond acceptors (Lipinski definition) is 4. The lowest BCUT2D eigenvalue weighted by molar-refractivity contribution is -0.147. The van der Waals surface area contributed by atoms with Crippen LogP contribution in [-0.4, -0.2) is 40.5 Å². The molecule has 0 aromatic heterocycles. The molecule has 122 valence electrons. The Morgan fingerprint density at radius 3 is 2.32 bits per heavy atom. The summed E-state index contributed by atoms with van der Waals surface area (Å²) in [5.74, 6) is -1.89. The van der Waals surface area contributed by atoms with Crippen LogP contribution < -0.4 is 5.32 Å². The number of carbonyl (C=O) groups excluding carboxylic acids is 1. The largest absolute Gasteiger partial charge is 0.479 e. The van der Waals surface area contributed by atoms with Crippen molar-refractivity contribution in [2.45, 2.75) is 44.8 Å². The van der Waals surface area contributed by atoms with Crippen LogP contribution in [0.15, 0.2) is 30.3 Å². The number of alkyl carbamates (subject to hydrolysis) is 1. The number of rotatable bonds is 6. The summed E-state index contributed by atoms with van der Waals surface area (Å²) in [6, 6.07) is 8.87. The number of carboxylic acids is 1. The fraction of sp³-hybridized carbons (Fsp3) is 0.500. The zero-order valence-corrected chi connectivity index (χ0v) is 13.1. The second-order valence-electron chi connectivity index (χ2n) is 6.02. The Morgan fingerprint density at radius 2 is 1.82 bits per heavy atom. The van der Waals surface area contributed by atoms with E-state index in [-0.39, 0.29) is 13.0 Å². The predicted octanol–water partition coefficient (Wildman–Crippen LogP) is 2.13. The van der Waals surface area contributed by atoms with E-state index in [0.29, 0.717) is 5.56 Å². The summed E-state index contributed by atoms with van der Waals surface area (Å²) in [5, 5.41) is 21.4. The van der Waals surface area contributed by atoms with Crippen LogP contribution in [0.1, 0.15) is 38.7 Å². The van der Waals surface area contributed by atoms with Crippen molar-refractivity contribution in [2.24, 2.45) is 0 Å². The summed E-state index contributed by atoms with van der Waals surface area (Å²) < 4.78 is 5.10. The van der Waals surface area contributed by atoms with Gasteiger partial charge in [-0.3, -0.25) is 0 Å². The van der Waals surface area contributed by atoms with Gasteiger partial charge in [0.1, 0.15) is 5.60 Å². The van der Waals surface area contributed by atoms with Crippen molar-refractivity contribution in [1.29, 1.82) is 0 Å². The summed E-state index contributed by atoms with van der Waals surface area (Å²) in [4.78, 5) is 22.6. The fourth-order valence-corrected chi connectivity index (χ4v) is 2.02. The Labute approximate surface area is 130 Å².